The number of esters is 1. The van der Waals surface area contributed by atoms with E-state index in [1.807, 2.05) is 13.8 Å². The highest BCUT2D eigenvalue weighted by Crippen LogP contribution is 2.20. The van der Waals surface area contributed by atoms with Crippen LogP contribution in [-0.2, 0) is 19.1 Å². The number of nitrogens with one attached hydrogen (secondary N) is 2. The van der Waals surface area contributed by atoms with Gasteiger partial charge in [-0.25, -0.2) is 0 Å². The molecule has 136 valence electrons. The van der Waals surface area contributed by atoms with Crippen LogP contribution in [0, 0.1) is 10.8 Å². The maximum absolute atomic E-state index is 12.2. The number of carbonyl (C=O) groups excluding carboxylic acids is 3. The minimum atomic E-state index is -0.859. The van der Waals surface area contributed by atoms with Crippen molar-refractivity contribution in [3.63, 3.8) is 0 Å². The van der Waals surface area contributed by atoms with Crippen LogP contribution in [0.3, 0.4) is 0 Å². The predicted octanol–water partition coefficient (Wildman–Crippen LogP) is 1.97. The van der Waals surface area contributed by atoms with Crippen LogP contribution < -0.4 is 10.6 Å². The fourth-order valence-corrected chi connectivity index (χ4v) is 1.50. The van der Waals surface area contributed by atoms with Gasteiger partial charge in [0.2, 0.25) is 11.8 Å². The Bertz CT molecular complexity index is 533. The standard InChI is InChI=1S/C18H30N2O4/c1-12(2)14(21)19-9-17(5,6)11-24-16(23)18(7,8)10-20-15(22)13(3)4/h1,3,9-11H2,2,4-8H3,(H,19,21)(H,20,22). The summed E-state index contributed by atoms with van der Waals surface area (Å²) in [6, 6.07) is 0. The monoisotopic (exact) mass is 338 g/mol. The average Bonchev–Trinajstić information content (AvgIpc) is 2.47. The quantitative estimate of drug-likeness (QED) is 0.497. The Hall–Kier alpha value is -2.11. The Morgan fingerprint density at radius 2 is 1.29 bits per heavy atom. The molecule has 6 nitrogen and oxygen atoms in total. The molecule has 0 unspecified atom stereocenters. The Labute approximate surface area is 144 Å². The molecule has 0 fully saturated rings. The highest BCUT2D eigenvalue weighted by atomic mass is 16.5. The van der Waals surface area contributed by atoms with Crippen molar-refractivity contribution in [2.75, 3.05) is 19.7 Å². The summed E-state index contributed by atoms with van der Waals surface area (Å²) in [4.78, 5) is 35.3. The van der Waals surface area contributed by atoms with Gasteiger partial charge in [0.1, 0.15) is 0 Å². The van der Waals surface area contributed by atoms with Crippen LogP contribution >= 0.6 is 0 Å². The van der Waals surface area contributed by atoms with Crippen molar-refractivity contribution in [1.82, 2.24) is 10.6 Å². The molecule has 0 atom stereocenters. The van der Waals surface area contributed by atoms with Gasteiger partial charge >= 0.3 is 5.97 Å². The van der Waals surface area contributed by atoms with Crippen molar-refractivity contribution in [2.45, 2.75) is 41.5 Å². The van der Waals surface area contributed by atoms with Gasteiger partial charge in [0.15, 0.2) is 0 Å². The first kappa shape index (κ1) is 21.9. The number of hydrogen-bond donors (Lipinski definition) is 2. The predicted molar refractivity (Wildman–Crippen MR) is 94.2 cm³/mol. The summed E-state index contributed by atoms with van der Waals surface area (Å²) in [5.74, 6) is -0.931. The minimum absolute atomic E-state index is 0.153. The lowest BCUT2D eigenvalue weighted by Gasteiger charge is -2.28. The van der Waals surface area contributed by atoms with Crippen molar-refractivity contribution in [3.05, 3.63) is 24.3 Å². The zero-order valence-corrected chi connectivity index (χ0v) is 15.7. The molecule has 0 heterocycles. The van der Waals surface area contributed by atoms with E-state index >= 15 is 0 Å². The van der Waals surface area contributed by atoms with E-state index in [-0.39, 0.29) is 25.0 Å². The maximum atomic E-state index is 12.2. The number of carbonyl (C=O) groups is 3. The molecule has 0 spiro atoms. The smallest absolute Gasteiger partial charge is 0.313 e. The third kappa shape index (κ3) is 7.94. The van der Waals surface area contributed by atoms with Gasteiger partial charge in [-0.05, 0) is 27.7 Å². The Kier molecular flexibility index (Phi) is 7.90. The van der Waals surface area contributed by atoms with Crippen LogP contribution in [0.2, 0.25) is 0 Å². The van der Waals surface area contributed by atoms with Crippen LogP contribution in [0.5, 0.6) is 0 Å². The molecule has 0 rings (SSSR count). The van der Waals surface area contributed by atoms with Crippen LogP contribution in [0.15, 0.2) is 24.3 Å². The first-order valence-corrected chi connectivity index (χ1v) is 7.83. The van der Waals surface area contributed by atoms with Gasteiger partial charge in [0, 0.05) is 29.7 Å². The van der Waals surface area contributed by atoms with E-state index in [1.54, 1.807) is 27.7 Å². The molecule has 2 N–H and O–H groups in total. The molecule has 0 aromatic carbocycles. The molecule has 0 aromatic rings. The molecule has 24 heavy (non-hydrogen) atoms. The van der Waals surface area contributed by atoms with Gasteiger partial charge in [-0.15, -0.1) is 0 Å². The molecule has 0 saturated heterocycles. The molecule has 0 aromatic heterocycles. The molecule has 2 amide bonds. The van der Waals surface area contributed by atoms with Crippen molar-refractivity contribution in [3.8, 4) is 0 Å². The third-order valence-corrected chi connectivity index (χ3v) is 3.34. The average molecular weight is 338 g/mol. The van der Waals surface area contributed by atoms with Crippen LogP contribution in [-0.4, -0.2) is 37.5 Å². The lowest BCUT2D eigenvalue weighted by Crippen LogP contribution is -2.42. The van der Waals surface area contributed by atoms with E-state index in [1.165, 1.54) is 0 Å². The second-order valence-electron chi connectivity index (χ2n) is 7.55. The van der Waals surface area contributed by atoms with Gasteiger partial charge in [-0.2, -0.15) is 0 Å². The number of ether oxygens (including phenoxy) is 1. The first-order valence-electron chi connectivity index (χ1n) is 7.83. The van der Waals surface area contributed by atoms with Gasteiger partial charge in [-0.1, -0.05) is 27.0 Å². The molecule has 0 aliphatic carbocycles. The summed E-state index contributed by atoms with van der Waals surface area (Å²) >= 11 is 0. The second-order valence-corrected chi connectivity index (χ2v) is 7.55. The molecule has 0 aliphatic heterocycles. The summed E-state index contributed by atoms with van der Waals surface area (Å²) in [6.07, 6.45) is 0. The highest BCUT2D eigenvalue weighted by Gasteiger charge is 2.32. The number of amides is 2. The minimum Gasteiger partial charge on any atom is -0.465 e. The lowest BCUT2D eigenvalue weighted by molar-refractivity contribution is -0.156. The molecule has 6 heteroatoms. The Morgan fingerprint density at radius 3 is 1.71 bits per heavy atom. The number of rotatable bonds is 9. The molecule has 0 radical (unpaired) electrons. The zero-order valence-electron chi connectivity index (χ0n) is 15.7. The third-order valence-electron chi connectivity index (χ3n) is 3.34. The highest BCUT2D eigenvalue weighted by molar-refractivity contribution is 5.92. The van der Waals surface area contributed by atoms with Crippen molar-refractivity contribution in [1.29, 1.82) is 0 Å². The van der Waals surface area contributed by atoms with Gasteiger partial charge in [0.05, 0.1) is 12.0 Å². The largest absolute Gasteiger partial charge is 0.465 e. The van der Waals surface area contributed by atoms with E-state index < -0.39 is 16.8 Å². The molecular weight excluding hydrogens is 308 g/mol. The van der Waals surface area contributed by atoms with Crippen molar-refractivity contribution >= 4 is 17.8 Å². The summed E-state index contributed by atoms with van der Waals surface area (Å²) in [7, 11) is 0. The molecule has 0 saturated carbocycles. The van der Waals surface area contributed by atoms with Crippen molar-refractivity contribution in [2.24, 2.45) is 10.8 Å². The second kappa shape index (κ2) is 8.66. The Morgan fingerprint density at radius 1 is 0.875 bits per heavy atom. The van der Waals surface area contributed by atoms with E-state index in [0.29, 0.717) is 17.7 Å². The van der Waals surface area contributed by atoms with E-state index in [2.05, 4.69) is 23.8 Å². The number of hydrogen-bond acceptors (Lipinski definition) is 4. The molecular formula is C18H30N2O4. The first-order chi connectivity index (χ1) is 10.8. The van der Waals surface area contributed by atoms with Gasteiger partial charge in [-0.3, -0.25) is 14.4 Å². The van der Waals surface area contributed by atoms with Crippen LogP contribution in [0.4, 0.5) is 0 Å². The Balaban J connectivity index is 4.48. The summed E-state index contributed by atoms with van der Waals surface area (Å²) in [5, 5.41) is 5.39. The summed E-state index contributed by atoms with van der Waals surface area (Å²) < 4.78 is 5.37. The van der Waals surface area contributed by atoms with Crippen LogP contribution in [0.25, 0.3) is 0 Å². The van der Waals surface area contributed by atoms with E-state index in [0.717, 1.165) is 0 Å². The zero-order chi connectivity index (χ0) is 19.1. The summed E-state index contributed by atoms with van der Waals surface area (Å²) in [6.45, 7) is 18.2. The fraction of sp³-hybridized carbons (Fsp3) is 0.611. The van der Waals surface area contributed by atoms with Crippen molar-refractivity contribution < 1.29 is 19.1 Å². The summed E-state index contributed by atoms with van der Waals surface area (Å²) in [5.41, 5.74) is -0.467. The van der Waals surface area contributed by atoms with Gasteiger partial charge in [0.25, 0.3) is 0 Å². The van der Waals surface area contributed by atoms with E-state index in [4.69, 9.17) is 4.74 Å². The van der Waals surface area contributed by atoms with Gasteiger partial charge < -0.3 is 15.4 Å². The normalized spacial score (nSPS) is 11.4. The van der Waals surface area contributed by atoms with E-state index in [9.17, 15) is 14.4 Å². The topological polar surface area (TPSA) is 84.5 Å². The fourth-order valence-electron chi connectivity index (χ4n) is 1.50. The lowest BCUT2D eigenvalue weighted by atomic mass is 9.92. The molecule has 0 bridgehead atoms. The SMILES string of the molecule is C=C(C)C(=O)NCC(C)(C)COC(=O)C(C)(C)CNC(=O)C(=C)C. The maximum Gasteiger partial charge on any atom is 0.313 e. The van der Waals surface area contributed by atoms with Crippen LogP contribution in [0.1, 0.15) is 41.5 Å². The molecule has 0 aliphatic rings.